The molecule has 2 aromatic carbocycles. The minimum Gasteiger partial charge on any atom is -0.493 e. The van der Waals surface area contributed by atoms with Crippen LogP contribution in [-0.4, -0.2) is 29.6 Å². The first-order valence-electron chi connectivity index (χ1n) is 8.75. The molecule has 148 valence electrons. The topological polar surface area (TPSA) is 79.5 Å². The van der Waals surface area contributed by atoms with Crippen LogP contribution in [0.3, 0.4) is 0 Å². The van der Waals surface area contributed by atoms with E-state index in [-0.39, 0.29) is 17.1 Å². The van der Waals surface area contributed by atoms with E-state index in [1.54, 1.807) is 42.5 Å². The van der Waals surface area contributed by atoms with Gasteiger partial charge in [0, 0.05) is 21.8 Å². The van der Waals surface area contributed by atoms with Gasteiger partial charge in [-0.05, 0) is 69.4 Å². The summed E-state index contributed by atoms with van der Waals surface area (Å²) in [4.78, 5) is 24.7. The van der Waals surface area contributed by atoms with Gasteiger partial charge >= 0.3 is 0 Å². The monoisotopic (exact) mass is 463 g/mol. The van der Waals surface area contributed by atoms with E-state index in [2.05, 4.69) is 31.9 Å². The minimum atomic E-state index is -0.393. The van der Waals surface area contributed by atoms with Crippen molar-refractivity contribution >= 4 is 50.8 Å². The summed E-state index contributed by atoms with van der Waals surface area (Å²) in [6.45, 7) is 6.07. The van der Waals surface area contributed by atoms with E-state index in [4.69, 9.17) is 17.0 Å². The smallest absolute Gasteiger partial charge is 0.261 e. The number of thiocarbonyl (C=S) groups is 1. The standard InChI is InChI=1S/C20H22BrN3O3S/c1-4-27-17-9-8-14(21)11-16(17)19(26)24-20(28)23-15-7-5-6-13(10-15)18(25)22-12(2)3/h5-12H,4H2,1-3H3,(H,22,25)(H2,23,24,26,28). The molecule has 6 nitrogen and oxygen atoms in total. The molecule has 3 N–H and O–H groups in total. The molecule has 0 aliphatic rings. The Kier molecular flexibility index (Phi) is 7.95. The molecule has 0 atom stereocenters. The van der Waals surface area contributed by atoms with Crippen molar-refractivity contribution in [3.05, 3.63) is 58.1 Å². The van der Waals surface area contributed by atoms with Crippen LogP contribution in [0.2, 0.25) is 0 Å². The van der Waals surface area contributed by atoms with Crippen molar-refractivity contribution in [3.63, 3.8) is 0 Å². The Bertz CT molecular complexity index is 887. The Labute approximate surface area is 178 Å². The fourth-order valence-corrected chi connectivity index (χ4v) is 2.95. The van der Waals surface area contributed by atoms with E-state index in [0.717, 1.165) is 4.47 Å². The second-order valence-electron chi connectivity index (χ2n) is 6.19. The molecule has 2 rings (SSSR count). The normalized spacial score (nSPS) is 10.3. The highest BCUT2D eigenvalue weighted by Crippen LogP contribution is 2.23. The average molecular weight is 464 g/mol. The predicted octanol–water partition coefficient (Wildman–Crippen LogP) is 4.11. The van der Waals surface area contributed by atoms with Crippen LogP contribution >= 0.6 is 28.1 Å². The highest BCUT2D eigenvalue weighted by atomic mass is 79.9. The summed E-state index contributed by atoms with van der Waals surface area (Å²) in [6, 6.07) is 12.1. The van der Waals surface area contributed by atoms with Crippen LogP contribution in [0.4, 0.5) is 5.69 Å². The molecule has 0 aromatic heterocycles. The number of rotatable bonds is 6. The summed E-state index contributed by atoms with van der Waals surface area (Å²) in [5.74, 6) is -0.0987. The molecule has 0 saturated heterocycles. The van der Waals surface area contributed by atoms with Crippen molar-refractivity contribution in [2.24, 2.45) is 0 Å². The van der Waals surface area contributed by atoms with Crippen LogP contribution in [0.1, 0.15) is 41.5 Å². The van der Waals surface area contributed by atoms with Gasteiger partial charge in [0.05, 0.1) is 12.2 Å². The molecular weight excluding hydrogens is 442 g/mol. The number of anilines is 1. The van der Waals surface area contributed by atoms with Crippen molar-refractivity contribution in [3.8, 4) is 5.75 Å². The lowest BCUT2D eigenvalue weighted by molar-refractivity contribution is 0.0940. The van der Waals surface area contributed by atoms with E-state index in [9.17, 15) is 9.59 Å². The average Bonchev–Trinajstić information content (AvgIpc) is 2.62. The van der Waals surface area contributed by atoms with Crippen molar-refractivity contribution < 1.29 is 14.3 Å². The van der Waals surface area contributed by atoms with E-state index in [0.29, 0.717) is 29.2 Å². The molecule has 0 aliphatic heterocycles. The van der Waals surface area contributed by atoms with E-state index < -0.39 is 5.91 Å². The third kappa shape index (κ3) is 6.31. The molecule has 2 amide bonds. The van der Waals surface area contributed by atoms with Gasteiger partial charge in [0.2, 0.25) is 0 Å². The van der Waals surface area contributed by atoms with Crippen LogP contribution < -0.4 is 20.7 Å². The van der Waals surface area contributed by atoms with Crippen LogP contribution in [0.25, 0.3) is 0 Å². The number of carbonyl (C=O) groups excluding carboxylic acids is 2. The van der Waals surface area contributed by atoms with Gasteiger partial charge in [-0.3, -0.25) is 14.9 Å². The third-order valence-corrected chi connectivity index (χ3v) is 4.21. The highest BCUT2D eigenvalue weighted by molar-refractivity contribution is 9.10. The van der Waals surface area contributed by atoms with Gasteiger partial charge in [-0.25, -0.2) is 0 Å². The fraction of sp³-hybridized carbons (Fsp3) is 0.250. The minimum absolute atomic E-state index is 0.0363. The lowest BCUT2D eigenvalue weighted by Crippen LogP contribution is -2.34. The van der Waals surface area contributed by atoms with Crippen LogP contribution in [0.5, 0.6) is 5.75 Å². The number of hydrogen-bond acceptors (Lipinski definition) is 4. The largest absolute Gasteiger partial charge is 0.493 e. The highest BCUT2D eigenvalue weighted by Gasteiger charge is 2.15. The zero-order chi connectivity index (χ0) is 20.7. The zero-order valence-corrected chi connectivity index (χ0v) is 18.2. The Balaban J connectivity index is 2.07. The number of ether oxygens (including phenoxy) is 1. The van der Waals surface area contributed by atoms with E-state index in [1.165, 1.54) is 0 Å². The number of halogens is 1. The van der Waals surface area contributed by atoms with Crippen molar-refractivity contribution in [2.75, 3.05) is 11.9 Å². The Morgan fingerprint density at radius 1 is 1.14 bits per heavy atom. The number of hydrogen-bond donors (Lipinski definition) is 3. The predicted molar refractivity (Wildman–Crippen MR) is 118 cm³/mol. The molecule has 0 unspecified atom stereocenters. The molecule has 0 fully saturated rings. The van der Waals surface area contributed by atoms with Gasteiger partial charge in [-0.1, -0.05) is 22.0 Å². The van der Waals surface area contributed by atoms with Crippen LogP contribution in [-0.2, 0) is 0 Å². The molecule has 0 spiro atoms. The number of carbonyl (C=O) groups is 2. The van der Waals surface area contributed by atoms with Gasteiger partial charge in [-0.2, -0.15) is 0 Å². The molecule has 0 heterocycles. The fourth-order valence-electron chi connectivity index (χ4n) is 2.38. The molecule has 0 bridgehead atoms. The van der Waals surface area contributed by atoms with Crippen molar-refractivity contribution in [1.29, 1.82) is 0 Å². The Morgan fingerprint density at radius 3 is 2.57 bits per heavy atom. The Morgan fingerprint density at radius 2 is 1.89 bits per heavy atom. The Hall–Kier alpha value is -2.45. The summed E-state index contributed by atoms with van der Waals surface area (Å²) < 4.78 is 6.25. The van der Waals surface area contributed by atoms with Gasteiger partial charge in [-0.15, -0.1) is 0 Å². The molecule has 0 saturated carbocycles. The lowest BCUT2D eigenvalue weighted by atomic mass is 10.1. The van der Waals surface area contributed by atoms with Gasteiger partial charge in [0.25, 0.3) is 11.8 Å². The summed E-state index contributed by atoms with van der Waals surface area (Å²) in [5, 5.41) is 8.50. The second-order valence-corrected chi connectivity index (χ2v) is 7.51. The summed E-state index contributed by atoms with van der Waals surface area (Å²) in [7, 11) is 0. The first-order chi connectivity index (χ1) is 13.3. The van der Waals surface area contributed by atoms with Crippen LogP contribution in [0.15, 0.2) is 46.9 Å². The number of benzene rings is 2. The number of nitrogens with one attached hydrogen (secondary N) is 3. The third-order valence-electron chi connectivity index (χ3n) is 3.52. The van der Waals surface area contributed by atoms with Crippen molar-refractivity contribution in [2.45, 2.75) is 26.8 Å². The molecule has 28 heavy (non-hydrogen) atoms. The molecule has 2 aromatic rings. The summed E-state index contributed by atoms with van der Waals surface area (Å²) in [5.41, 5.74) is 1.46. The SMILES string of the molecule is CCOc1ccc(Br)cc1C(=O)NC(=S)Nc1cccc(C(=O)NC(C)C)c1. The van der Waals surface area contributed by atoms with Crippen LogP contribution in [0, 0.1) is 0 Å². The maximum absolute atomic E-state index is 12.6. The molecule has 8 heteroatoms. The quantitative estimate of drug-likeness (QED) is 0.561. The van der Waals surface area contributed by atoms with Crippen molar-refractivity contribution in [1.82, 2.24) is 10.6 Å². The maximum Gasteiger partial charge on any atom is 0.261 e. The summed E-state index contributed by atoms with van der Waals surface area (Å²) in [6.07, 6.45) is 0. The molecule has 0 radical (unpaired) electrons. The van der Waals surface area contributed by atoms with E-state index >= 15 is 0 Å². The van der Waals surface area contributed by atoms with E-state index in [1.807, 2.05) is 20.8 Å². The lowest BCUT2D eigenvalue weighted by Gasteiger charge is -2.13. The second kappa shape index (κ2) is 10.2. The first-order valence-corrected chi connectivity index (χ1v) is 9.96. The molecular formula is C20H22BrN3O3S. The van der Waals surface area contributed by atoms with Gasteiger partial charge < -0.3 is 15.4 Å². The zero-order valence-electron chi connectivity index (χ0n) is 15.8. The number of amides is 2. The van der Waals surface area contributed by atoms with Gasteiger partial charge in [0.15, 0.2) is 5.11 Å². The molecule has 0 aliphatic carbocycles. The summed E-state index contributed by atoms with van der Waals surface area (Å²) >= 11 is 8.59. The maximum atomic E-state index is 12.6. The first kappa shape index (κ1) is 21.8. The van der Waals surface area contributed by atoms with Gasteiger partial charge in [0.1, 0.15) is 5.75 Å².